The molecule has 2 heterocycles. The third-order valence-electron chi connectivity index (χ3n) is 7.06. The molecule has 190 valence electrons. The Labute approximate surface area is 207 Å². The topological polar surface area (TPSA) is 94.2 Å². The van der Waals surface area contributed by atoms with Gasteiger partial charge in [0.2, 0.25) is 18.6 Å². The monoisotopic (exact) mass is 484 g/mol. The predicted molar refractivity (Wildman–Crippen MR) is 129 cm³/mol. The van der Waals surface area contributed by atoms with E-state index in [2.05, 4.69) is 19.2 Å². The Hall–Kier alpha value is -3.03. The van der Waals surface area contributed by atoms with E-state index < -0.39 is 11.3 Å². The van der Waals surface area contributed by atoms with Gasteiger partial charge in [-0.25, -0.2) is 0 Å². The summed E-state index contributed by atoms with van der Waals surface area (Å²) >= 11 is 0. The number of amides is 2. The molecule has 0 saturated carbocycles. The standard InChI is InChI=1S/C27H36N2O6/c1-4-33-26(32)27-11-6-5-7-23(27)29(16-19-8-9-21-22(13-19)35-17-34-21)25(31)20(15-27)14-24(30)28-12-10-18(2)3/h7-9,13,18,20H,4-6,10-12,14-17H2,1-3H3,(H,28,30)/t20-,27+/m1/s1. The summed E-state index contributed by atoms with van der Waals surface area (Å²) in [6.45, 7) is 7.30. The van der Waals surface area contributed by atoms with E-state index in [9.17, 15) is 14.4 Å². The molecule has 1 N–H and O–H groups in total. The van der Waals surface area contributed by atoms with E-state index in [1.807, 2.05) is 24.3 Å². The average molecular weight is 485 g/mol. The minimum Gasteiger partial charge on any atom is -0.465 e. The summed E-state index contributed by atoms with van der Waals surface area (Å²) in [4.78, 5) is 41.6. The lowest BCUT2D eigenvalue weighted by Gasteiger charge is -2.48. The molecule has 1 aromatic rings. The van der Waals surface area contributed by atoms with E-state index >= 15 is 0 Å². The van der Waals surface area contributed by atoms with Gasteiger partial charge in [-0.15, -0.1) is 0 Å². The molecule has 0 radical (unpaired) electrons. The van der Waals surface area contributed by atoms with Crippen LogP contribution >= 0.6 is 0 Å². The van der Waals surface area contributed by atoms with E-state index in [-0.39, 0.29) is 44.1 Å². The minimum atomic E-state index is -0.915. The maximum absolute atomic E-state index is 13.8. The highest BCUT2D eigenvalue weighted by Gasteiger charge is 2.54. The second-order valence-corrected chi connectivity index (χ2v) is 10.0. The lowest BCUT2D eigenvalue weighted by molar-refractivity contribution is -0.162. The molecule has 2 atom stereocenters. The van der Waals surface area contributed by atoms with E-state index in [1.54, 1.807) is 11.8 Å². The lowest BCUT2D eigenvalue weighted by Crippen LogP contribution is -2.54. The minimum absolute atomic E-state index is 0.0585. The molecule has 35 heavy (non-hydrogen) atoms. The summed E-state index contributed by atoms with van der Waals surface area (Å²) in [5.41, 5.74) is 0.664. The molecule has 2 amide bonds. The number of likely N-dealkylation sites (tertiary alicyclic amines) is 1. The smallest absolute Gasteiger partial charge is 0.318 e. The molecule has 3 aliphatic rings. The number of carbonyl (C=O) groups excluding carboxylic acids is 3. The van der Waals surface area contributed by atoms with Crippen LogP contribution in [-0.4, -0.2) is 42.6 Å². The number of carbonyl (C=O) groups is 3. The fraction of sp³-hybridized carbons (Fsp3) is 0.593. The van der Waals surface area contributed by atoms with Crippen LogP contribution in [0.2, 0.25) is 0 Å². The van der Waals surface area contributed by atoms with E-state index in [0.29, 0.717) is 42.5 Å². The third-order valence-corrected chi connectivity index (χ3v) is 7.06. The summed E-state index contributed by atoms with van der Waals surface area (Å²) in [7, 11) is 0. The quantitative estimate of drug-likeness (QED) is 0.534. The second kappa shape index (κ2) is 10.7. The molecule has 0 bridgehead atoms. The molecule has 1 aliphatic carbocycles. The Morgan fingerprint density at radius 3 is 2.83 bits per heavy atom. The van der Waals surface area contributed by atoms with Crippen LogP contribution in [0.25, 0.3) is 0 Å². The van der Waals surface area contributed by atoms with Gasteiger partial charge in [0.15, 0.2) is 11.5 Å². The number of nitrogens with one attached hydrogen (secondary N) is 1. The maximum atomic E-state index is 13.8. The highest BCUT2D eigenvalue weighted by molar-refractivity contribution is 5.92. The molecule has 0 unspecified atom stereocenters. The van der Waals surface area contributed by atoms with Crippen molar-refractivity contribution in [2.45, 2.75) is 65.8 Å². The first-order valence-corrected chi connectivity index (χ1v) is 12.7. The van der Waals surface area contributed by atoms with Crippen LogP contribution in [0.3, 0.4) is 0 Å². The molecule has 1 aromatic carbocycles. The van der Waals surface area contributed by atoms with Gasteiger partial charge in [-0.3, -0.25) is 14.4 Å². The first-order valence-electron chi connectivity index (χ1n) is 12.7. The zero-order chi connectivity index (χ0) is 25.0. The third kappa shape index (κ3) is 5.31. The van der Waals surface area contributed by atoms with E-state index in [0.717, 1.165) is 24.8 Å². The van der Waals surface area contributed by atoms with Gasteiger partial charge in [-0.05, 0) is 62.6 Å². The van der Waals surface area contributed by atoms with Crippen LogP contribution in [0.15, 0.2) is 30.0 Å². The number of hydrogen-bond donors (Lipinski definition) is 1. The van der Waals surface area contributed by atoms with Gasteiger partial charge in [-0.1, -0.05) is 26.0 Å². The fourth-order valence-electron chi connectivity index (χ4n) is 5.29. The average Bonchev–Trinajstić information content (AvgIpc) is 3.29. The molecular formula is C27H36N2O6. The Balaban J connectivity index is 1.62. The van der Waals surface area contributed by atoms with Gasteiger partial charge in [0.25, 0.3) is 0 Å². The number of benzene rings is 1. The van der Waals surface area contributed by atoms with Crippen LogP contribution in [0, 0.1) is 17.3 Å². The van der Waals surface area contributed by atoms with Crippen molar-refractivity contribution in [2.24, 2.45) is 17.3 Å². The highest BCUT2D eigenvalue weighted by Crippen LogP contribution is 2.50. The van der Waals surface area contributed by atoms with Crippen LogP contribution in [0.4, 0.5) is 0 Å². The van der Waals surface area contributed by atoms with Gasteiger partial charge in [-0.2, -0.15) is 0 Å². The number of nitrogens with zero attached hydrogens (tertiary/aromatic N) is 1. The number of piperidine rings is 1. The molecule has 8 nitrogen and oxygen atoms in total. The molecule has 0 spiro atoms. The number of esters is 1. The van der Waals surface area contributed by atoms with Gasteiger partial charge in [0.1, 0.15) is 5.41 Å². The van der Waals surface area contributed by atoms with Crippen LogP contribution in [0.5, 0.6) is 11.5 Å². The summed E-state index contributed by atoms with van der Waals surface area (Å²) in [6.07, 6.45) is 5.47. The maximum Gasteiger partial charge on any atom is 0.318 e. The van der Waals surface area contributed by atoms with Crippen LogP contribution < -0.4 is 14.8 Å². The Kier molecular flexibility index (Phi) is 7.67. The predicted octanol–water partition coefficient (Wildman–Crippen LogP) is 3.93. The number of allylic oxidation sites excluding steroid dienone is 1. The molecule has 0 aromatic heterocycles. The van der Waals surface area contributed by atoms with Gasteiger partial charge < -0.3 is 24.4 Å². The summed E-state index contributed by atoms with van der Waals surface area (Å²) in [5, 5.41) is 2.94. The number of ether oxygens (including phenoxy) is 3. The number of fused-ring (bicyclic) bond motifs is 2. The van der Waals surface area contributed by atoms with Gasteiger partial charge in [0.05, 0.1) is 13.2 Å². The Morgan fingerprint density at radius 2 is 2.06 bits per heavy atom. The highest BCUT2D eigenvalue weighted by atomic mass is 16.7. The fourth-order valence-corrected chi connectivity index (χ4v) is 5.29. The van der Waals surface area contributed by atoms with Crippen molar-refractivity contribution in [2.75, 3.05) is 19.9 Å². The number of rotatable bonds is 9. The molecular weight excluding hydrogens is 448 g/mol. The molecule has 4 rings (SSSR count). The van der Waals surface area contributed by atoms with E-state index in [4.69, 9.17) is 14.2 Å². The van der Waals surface area contributed by atoms with Crippen molar-refractivity contribution < 1.29 is 28.6 Å². The zero-order valence-corrected chi connectivity index (χ0v) is 20.9. The lowest BCUT2D eigenvalue weighted by atomic mass is 9.66. The molecule has 8 heteroatoms. The summed E-state index contributed by atoms with van der Waals surface area (Å²) in [5.74, 6) is 0.603. The van der Waals surface area contributed by atoms with E-state index in [1.165, 1.54) is 0 Å². The van der Waals surface area contributed by atoms with Crippen LogP contribution in [-0.2, 0) is 25.7 Å². The van der Waals surface area contributed by atoms with Crippen molar-refractivity contribution in [1.29, 1.82) is 0 Å². The second-order valence-electron chi connectivity index (χ2n) is 10.0. The summed E-state index contributed by atoms with van der Waals surface area (Å²) < 4.78 is 16.5. The molecule has 1 fully saturated rings. The summed E-state index contributed by atoms with van der Waals surface area (Å²) in [6, 6.07) is 5.60. The van der Waals surface area contributed by atoms with Crippen molar-refractivity contribution >= 4 is 17.8 Å². The van der Waals surface area contributed by atoms with Gasteiger partial charge >= 0.3 is 5.97 Å². The van der Waals surface area contributed by atoms with Crippen LogP contribution in [0.1, 0.15) is 64.9 Å². The van der Waals surface area contributed by atoms with Crippen molar-refractivity contribution in [3.8, 4) is 11.5 Å². The zero-order valence-electron chi connectivity index (χ0n) is 20.9. The normalized spacial score (nSPS) is 23.1. The largest absolute Gasteiger partial charge is 0.465 e. The number of hydrogen-bond acceptors (Lipinski definition) is 6. The first-order chi connectivity index (χ1) is 16.8. The van der Waals surface area contributed by atoms with Gasteiger partial charge in [0, 0.05) is 24.6 Å². The molecule has 2 aliphatic heterocycles. The Bertz CT molecular complexity index is 1000. The SMILES string of the molecule is CCOC(=O)[C@]12CCCC=C1N(Cc1ccc3c(c1)OCO3)C(=O)[C@H](CC(=O)NCCC(C)C)C2. The van der Waals surface area contributed by atoms with Crippen molar-refractivity contribution in [1.82, 2.24) is 10.2 Å². The Morgan fingerprint density at radius 1 is 1.26 bits per heavy atom. The molecule has 1 saturated heterocycles. The van der Waals surface area contributed by atoms with Crippen molar-refractivity contribution in [3.05, 3.63) is 35.5 Å². The first kappa shape index (κ1) is 25.1. The van der Waals surface area contributed by atoms with Crippen molar-refractivity contribution in [3.63, 3.8) is 0 Å².